The molecule has 2 amide bonds. The van der Waals surface area contributed by atoms with Gasteiger partial charge in [0.2, 0.25) is 0 Å². The van der Waals surface area contributed by atoms with Gasteiger partial charge < -0.3 is 20.5 Å². The van der Waals surface area contributed by atoms with E-state index >= 15 is 0 Å². The summed E-state index contributed by atoms with van der Waals surface area (Å²) >= 11 is 0. The van der Waals surface area contributed by atoms with Gasteiger partial charge in [-0.2, -0.15) is 0 Å². The van der Waals surface area contributed by atoms with Crippen LogP contribution in [0.5, 0.6) is 11.5 Å². The molecular formula is C25H27N3O6S. The van der Waals surface area contributed by atoms with Gasteiger partial charge in [0.25, 0.3) is 21.8 Å². The van der Waals surface area contributed by atoms with Crippen LogP contribution >= 0.6 is 0 Å². The molecule has 0 radical (unpaired) electrons. The van der Waals surface area contributed by atoms with E-state index in [4.69, 9.17) is 4.74 Å². The van der Waals surface area contributed by atoms with Crippen LogP contribution in [0.1, 0.15) is 32.7 Å². The largest absolute Gasteiger partial charge is 0.508 e. The summed E-state index contributed by atoms with van der Waals surface area (Å²) in [6.45, 7) is 2.23. The van der Waals surface area contributed by atoms with Crippen molar-refractivity contribution >= 4 is 27.5 Å². The smallest absolute Gasteiger partial charge is 0.262 e. The highest BCUT2D eigenvalue weighted by Gasteiger charge is 2.20. The van der Waals surface area contributed by atoms with Gasteiger partial charge in [-0.25, -0.2) is 8.42 Å². The first-order chi connectivity index (χ1) is 16.7. The molecule has 3 rings (SSSR count). The second kappa shape index (κ2) is 11.4. The molecule has 0 fully saturated rings. The van der Waals surface area contributed by atoms with Gasteiger partial charge in [-0.05, 0) is 61.4 Å². The number of anilines is 1. The Balaban J connectivity index is 1.58. The molecule has 184 valence electrons. The standard InChI is InChI=1S/C25H27N3O6S/c1-17-11-12-19(16-23(17)35(32,33)28-21-9-3-4-10-22(21)34-2)25(31)27-14-6-13-26-24(30)18-7-5-8-20(29)15-18/h3-5,7-12,15-16,28-29H,6,13-14H2,1-2H3,(H,26,30)(H,27,31). The maximum absolute atomic E-state index is 13.0. The molecule has 0 aliphatic carbocycles. The van der Waals surface area contributed by atoms with Gasteiger partial charge in [0, 0.05) is 24.2 Å². The highest BCUT2D eigenvalue weighted by atomic mass is 32.2. The number of para-hydroxylation sites is 2. The molecule has 3 aromatic carbocycles. The number of carbonyl (C=O) groups excluding carboxylic acids is 2. The third-order valence-electron chi connectivity index (χ3n) is 5.12. The van der Waals surface area contributed by atoms with Crippen LogP contribution < -0.4 is 20.1 Å². The Morgan fingerprint density at radius 2 is 1.54 bits per heavy atom. The zero-order valence-corrected chi connectivity index (χ0v) is 20.2. The lowest BCUT2D eigenvalue weighted by atomic mass is 10.1. The van der Waals surface area contributed by atoms with Crippen molar-refractivity contribution in [3.8, 4) is 11.5 Å². The number of hydrogen-bond donors (Lipinski definition) is 4. The number of benzene rings is 3. The Hall–Kier alpha value is -4.05. The molecule has 0 unspecified atom stereocenters. The van der Waals surface area contributed by atoms with Crippen molar-refractivity contribution in [2.75, 3.05) is 24.9 Å². The van der Waals surface area contributed by atoms with Crippen LogP contribution in [-0.4, -0.2) is 45.5 Å². The van der Waals surface area contributed by atoms with Crippen LogP contribution in [-0.2, 0) is 10.0 Å². The highest BCUT2D eigenvalue weighted by Crippen LogP contribution is 2.27. The number of aryl methyl sites for hydroxylation is 1. The first kappa shape index (κ1) is 25.6. The van der Waals surface area contributed by atoms with E-state index in [1.807, 2.05) is 0 Å². The minimum atomic E-state index is -3.98. The van der Waals surface area contributed by atoms with Crippen molar-refractivity contribution in [1.29, 1.82) is 0 Å². The molecule has 0 saturated carbocycles. The molecule has 4 N–H and O–H groups in total. The fourth-order valence-corrected chi connectivity index (χ4v) is 4.65. The summed E-state index contributed by atoms with van der Waals surface area (Å²) in [5.41, 5.74) is 1.31. The number of ether oxygens (including phenoxy) is 1. The number of phenols is 1. The third-order valence-corrected chi connectivity index (χ3v) is 6.63. The number of methoxy groups -OCH3 is 1. The summed E-state index contributed by atoms with van der Waals surface area (Å²) < 4.78 is 33.7. The van der Waals surface area contributed by atoms with Crippen LogP contribution in [0.15, 0.2) is 71.6 Å². The minimum Gasteiger partial charge on any atom is -0.508 e. The minimum absolute atomic E-state index is 0.00232. The zero-order valence-electron chi connectivity index (χ0n) is 19.4. The molecule has 0 atom stereocenters. The van der Waals surface area contributed by atoms with E-state index in [-0.39, 0.29) is 34.3 Å². The SMILES string of the molecule is COc1ccccc1NS(=O)(=O)c1cc(C(=O)NCCCNC(=O)c2cccc(O)c2)ccc1C. The molecule has 0 saturated heterocycles. The van der Waals surface area contributed by atoms with Gasteiger partial charge in [-0.3, -0.25) is 14.3 Å². The van der Waals surface area contributed by atoms with Crippen LogP contribution in [0.25, 0.3) is 0 Å². The summed E-state index contributed by atoms with van der Waals surface area (Å²) in [7, 11) is -2.53. The Kier molecular flexibility index (Phi) is 8.32. The van der Waals surface area contributed by atoms with Gasteiger partial charge in [0.1, 0.15) is 11.5 Å². The van der Waals surface area contributed by atoms with Crippen LogP contribution in [0, 0.1) is 6.92 Å². The maximum Gasteiger partial charge on any atom is 0.262 e. The lowest BCUT2D eigenvalue weighted by Crippen LogP contribution is -2.30. The molecule has 0 bridgehead atoms. The van der Waals surface area contributed by atoms with E-state index in [1.54, 1.807) is 55.5 Å². The summed E-state index contributed by atoms with van der Waals surface area (Å²) in [6, 6.07) is 17.1. The molecule has 35 heavy (non-hydrogen) atoms. The van der Waals surface area contributed by atoms with Crippen molar-refractivity contribution in [3.63, 3.8) is 0 Å². The summed E-state index contributed by atoms with van der Waals surface area (Å²) in [5, 5.41) is 14.9. The molecule has 10 heteroatoms. The third kappa shape index (κ3) is 6.73. The van der Waals surface area contributed by atoms with Gasteiger partial charge in [-0.15, -0.1) is 0 Å². The molecule has 9 nitrogen and oxygen atoms in total. The Bertz CT molecular complexity index is 1320. The molecule has 0 aromatic heterocycles. The van der Waals surface area contributed by atoms with E-state index in [0.29, 0.717) is 29.8 Å². The summed E-state index contributed by atoms with van der Waals surface area (Å²) in [6.07, 6.45) is 0.461. The van der Waals surface area contributed by atoms with Crippen molar-refractivity contribution < 1.29 is 27.9 Å². The van der Waals surface area contributed by atoms with E-state index in [9.17, 15) is 23.1 Å². The fraction of sp³-hybridized carbons (Fsp3) is 0.200. The average molecular weight is 498 g/mol. The summed E-state index contributed by atoms with van der Waals surface area (Å²) in [4.78, 5) is 24.6. The topological polar surface area (TPSA) is 134 Å². The molecule has 3 aromatic rings. The maximum atomic E-state index is 13.0. The van der Waals surface area contributed by atoms with Crippen molar-refractivity contribution in [1.82, 2.24) is 10.6 Å². The first-order valence-electron chi connectivity index (χ1n) is 10.8. The van der Waals surface area contributed by atoms with E-state index < -0.39 is 15.9 Å². The zero-order chi connectivity index (χ0) is 25.4. The molecule has 0 aliphatic heterocycles. The predicted molar refractivity (Wildman–Crippen MR) is 132 cm³/mol. The lowest BCUT2D eigenvalue weighted by Gasteiger charge is -2.14. The first-order valence-corrected chi connectivity index (χ1v) is 12.3. The van der Waals surface area contributed by atoms with Crippen molar-refractivity contribution in [2.24, 2.45) is 0 Å². The van der Waals surface area contributed by atoms with Gasteiger partial charge in [0.05, 0.1) is 17.7 Å². The van der Waals surface area contributed by atoms with E-state index in [2.05, 4.69) is 15.4 Å². The number of sulfonamides is 1. The van der Waals surface area contributed by atoms with Crippen LogP contribution in [0.3, 0.4) is 0 Å². The Morgan fingerprint density at radius 1 is 0.886 bits per heavy atom. The number of nitrogens with one attached hydrogen (secondary N) is 3. The van der Waals surface area contributed by atoms with Gasteiger partial charge in [-0.1, -0.05) is 24.3 Å². The molecule has 0 aliphatic rings. The summed E-state index contributed by atoms with van der Waals surface area (Å²) in [5.74, 6) is -0.387. The number of phenolic OH excluding ortho intramolecular Hbond substituents is 1. The lowest BCUT2D eigenvalue weighted by molar-refractivity contribution is 0.0951. The van der Waals surface area contributed by atoms with E-state index in [1.165, 1.54) is 25.3 Å². The number of carbonyl (C=O) groups is 2. The van der Waals surface area contributed by atoms with Crippen LogP contribution in [0.4, 0.5) is 5.69 Å². The normalized spacial score (nSPS) is 10.9. The van der Waals surface area contributed by atoms with Crippen LogP contribution in [0.2, 0.25) is 0 Å². The predicted octanol–water partition coefficient (Wildman–Crippen LogP) is 3.06. The van der Waals surface area contributed by atoms with Crippen molar-refractivity contribution in [3.05, 3.63) is 83.4 Å². The molecule has 0 heterocycles. The van der Waals surface area contributed by atoms with Gasteiger partial charge in [0.15, 0.2) is 0 Å². The highest BCUT2D eigenvalue weighted by molar-refractivity contribution is 7.92. The van der Waals surface area contributed by atoms with E-state index in [0.717, 1.165) is 0 Å². The number of amides is 2. The van der Waals surface area contributed by atoms with Crippen molar-refractivity contribution in [2.45, 2.75) is 18.2 Å². The number of aromatic hydroxyl groups is 1. The monoisotopic (exact) mass is 497 g/mol. The fourth-order valence-electron chi connectivity index (χ4n) is 3.30. The second-order valence-corrected chi connectivity index (χ2v) is 9.35. The quantitative estimate of drug-likeness (QED) is 0.318. The number of hydrogen-bond acceptors (Lipinski definition) is 6. The molecule has 0 spiro atoms. The molecular weight excluding hydrogens is 470 g/mol. The second-order valence-electron chi connectivity index (χ2n) is 7.70. The number of rotatable bonds is 10. The Morgan fingerprint density at radius 3 is 2.20 bits per heavy atom. The van der Waals surface area contributed by atoms with Gasteiger partial charge >= 0.3 is 0 Å². The average Bonchev–Trinajstić information content (AvgIpc) is 2.83. The Labute approximate surface area is 204 Å².